The van der Waals surface area contributed by atoms with Gasteiger partial charge in [-0.05, 0) is 49.2 Å². The minimum absolute atomic E-state index is 0.0143. The first-order valence-electron chi connectivity index (χ1n) is 7.98. The normalized spacial score (nSPS) is 15.1. The zero-order valence-corrected chi connectivity index (χ0v) is 14.8. The molecule has 0 saturated heterocycles. The number of pyridine rings is 1. The maximum Gasteiger partial charge on any atom is 0.196 e. The fourth-order valence-corrected chi connectivity index (χ4v) is 3.70. The first-order valence-corrected chi connectivity index (χ1v) is 8.86. The zero-order valence-electron chi connectivity index (χ0n) is 13.9. The van der Waals surface area contributed by atoms with E-state index in [9.17, 15) is 4.79 Å². The van der Waals surface area contributed by atoms with Gasteiger partial charge < -0.3 is 4.74 Å². The van der Waals surface area contributed by atoms with Crippen LogP contribution in [0.15, 0.2) is 47.5 Å². The fourth-order valence-electron chi connectivity index (χ4n) is 2.95. The van der Waals surface area contributed by atoms with Crippen molar-refractivity contribution in [2.75, 3.05) is 6.61 Å². The van der Waals surface area contributed by atoms with Crippen LogP contribution >= 0.6 is 11.3 Å². The monoisotopic (exact) mass is 348 g/mol. The maximum atomic E-state index is 12.8. The highest BCUT2D eigenvalue weighted by Gasteiger charge is 2.25. The van der Waals surface area contributed by atoms with Crippen molar-refractivity contribution in [3.8, 4) is 16.5 Å². The van der Waals surface area contributed by atoms with Gasteiger partial charge in [0, 0.05) is 17.2 Å². The summed E-state index contributed by atoms with van der Waals surface area (Å²) in [6, 6.07) is 9.65. The van der Waals surface area contributed by atoms with Gasteiger partial charge in [-0.15, -0.1) is 11.3 Å². The van der Waals surface area contributed by atoms with Crippen molar-refractivity contribution in [3.05, 3.63) is 69.9 Å². The van der Waals surface area contributed by atoms with E-state index < -0.39 is 0 Å². The molecule has 1 aliphatic rings. The average molecular weight is 348 g/mol. The largest absolute Gasteiger partial charge is 0.488 e. The molecular weight excluding hydrogens is 332 g/mol. The highest BCUT2D eigenvalue weighted by atomic mass is 32.1. The Morgan fingerprint density at radius 3 is 2.92 bits per heavy atom. The van der Waals surface area contributed by atoms with Crippen LogP contribution in [0.1, 0.15) is 27.2 Å². The van der Waals surface area contributed by atoms with Gasteiger partial charge in [0.25, 0.3) is 0 Å². The topological polar surface area (TPSA) is 52.1 Å². The number of carbonyl (C=O) groups is 1. The van der Waals surface area contributed by atoms with Gasteiger partial charge in [-0.2, -0.15) is 0 Å². The molecule has 0 unspecified atom stereocenters. The van der Waals surface area contributed by atoms with Gasteiger partial charge in [0.15, 0.2) is 5.78 Å². The van der Waals surface area contributed by atoms with Gasteiger partial charge in [-0.25, -0.2) is 4.98 Å². The molecule has 4 rings (SSSR count). The van der Waals surface area contributed by atoms with E-state index in [1.54, 1.807) is 6.20 Å². The van der Waals surface area contributed by atoms with Crippen LogP contribution < -0.4 is 4.74 Å². The highest BCUT2D eigenvalue weighted by Crippen LogP contribution is 2.32. The first kappa shape index (κ1) is 15.7. The van der Waals surface area contributed by atoms with Gasteiger partial charge in [-0.1, -0.05) is 12.1 Å². The zero-order chi connectivity index (χ0) is 17.4. The van der Waals surface area contributed by atoms with E-state index in [0.717, 1.165) is 27.5 Å². The molecule has 0 radical (unpaired) electrons. The van der Waals surface area contributed by atoms with Crippen molar-refractivity contribution in [2.24, 2.45) is 0 Å². The summed E-state index contributed by atoms with van der Waals surface area (Å²) in [6.45, 7) is 4.22. The minimum atomic E-state index is 0.0143. The van der Waals surface area contributed by atoms with E-state index in [1.165, 1.54) is 11.3 Å². The number of ketones is 1. The van der Waals surface area contributed by atoms with Crippen molar-refractivity contribution in [1.82, 2.24) is 9.97 Å². The molecule has 124 valence electrons. The molecule has 0 fully saturated rings. The molecule has 0 aliphatic carbocycles. The van der Waals surface area contributed by atoms with Crippen molar-refractivity contribution < 1.29 is 9.53 Å². The molecule has 0 saturated carbocycles. The molecule has 3 aromatic rings. The fraction of sp³-hybridized carbons (Fsp3) is 0.150. The molecular formula is C20H16N2O2S. The molecule has 0 atom stereocenters. The van der Waals surface area contributed by atoms with E-state index in [-0.39, 0.29) is 12.4 Å². The maximum absolute atomic E-state index is 12.8. The number of Topliss-reactive ketones (excluding diaryl/α,β-unsaturated/α-hetero) is 1. The molecule has 0 N–H and O–H groups in total. The van der Waals surface area contributed by atoms with E-state index >= 15 is 0 Å². The number of fused-ring (bicyclic) bond motifs is 1. The Morgan fingerprint density at radius 1 is 1.24 bits per heavy atom. The van der Waals surface area contributed by atoms with E-state index in [0.29, 0.717) is 16.9 Å². The Hall–Kier alpha value is -2.79. The standard InChI is InChI=1S/C20H16N2O2S/c1-12-7-13(2)19-16(8-12)18(23)14(10-24-19)9-15-11-25-20(22-15)17-5-3-4-6-21-17/h3-9,11H,10H2,1-2H3/b14-9+. The van der Waals surface area contributed by atoms with Crippen LogP contribution in [-0.4, -0.2) is 22.4 Å². The van der Waals surface area contributed by atoms with Crippen molar-refractivity contribution >= 4 is 23.2 Å². The number of benzene rings is 1. The minimum Gasteiger partial charge on any atom is -0.488 e. The number of aryl methyl sites for hydroxylation is 2. The van der Waals surface area contributed by atoms with Crippen LogP contribution in [0.25, 0.3) is 16.8 Å². The predicted octanol–water partition coefficient (Wildman–Crippen LogP) is 4.48. The Morgan fingerprint density at radius 2 is 2.12 bits per heavy atom. The number of hydrogen-bond acceptors (Lipinski definition) is 5. The Kier molecular flexibility index (Phi) is 3.93. The van der Waals surface area contributed by atoms with Gasteiger partial charge >= 0.3 is 0 Å². The van der Waals surface area contributed by atoms with Crippen molar-refractivity contribution in [1.29, 1.82) is 0 Å². The molecule has 25 heavy (non-hydrogen) atoms. The van der Waals surface area contributed by atoms with Crippen LogP contribution in [0, 0.1) is 13.8 Å². The third-order valence-corrected chi connectivity index (χ3v) is 4.94. The van der Waals surface area contributed by atoms with E-state index in [1.807, 2.05) is 55.6 Å². The van der Waals surface area contributed by atoms with Crippen LogP contribution in [-0.2, 0) is 0 Å². The molecule has 5 heteroatoms. The third kappa shape index (κ3) is 2.98. The second-order valence-electron chi connectivity index (χ2n) is 6.04. The lowest BCUT2D eigenvalue weighted by molar-refractivity contribution is 0.1000. The molecule has 0 spiro atoms. The number of ether oxygens (including phenoxy) is 1. The number of nitrogens with zero attached hydrogens (tertiary/aromatic N) is 2. The number of rotatable bonds is 2. The lowest BCUT2D eigenvalue weighted by Gasteiger charge is -2.21. The number of thiazole rings is 1. The first-order chi connectivity index (χ1) is 12.1. The molecule has 3 heterocycles. The number of aromatic nitrogens is 2. The van der Waals surface area contributed by atoms with E-state index in [4.69, 9.17) is 4.74 Å². The van der Waals surface area contributed by atoms with Crippen LogP contribution in [0.5, 0.6) is 5.75 Å². The summed E-state index contributed by atoms with van der Waals surface area (Å²) >= 11 is 1.51. The van der Waals surface area contributed by atoms with Gasteiger partial charge in [0.05, 0.1) is 17.0 Å². The van der Waals surface area contributed by atoms with Gasteiger partial charge in [0.1, 0.15) is 17.4 Å². The molecule has 0 amide bonds. The Balaban J connectivity index is 1.67. The second kappa shape index (κ2) is 6.26. The summed E-state index contributed by atoms with van der Waals surface area (Å²) in [5, 5.41) is 2.77. The van der Waals surface area contributed by atoms with Gasteiger partial charge in [-0.3, -0.25) is 9.78 Å². The lowest BCUT2D eigenvalue weighted by Crippen LogP contribution is -2.20. The predicted molar refractivity (Wildman–Crippen MR) is 99.1 cm³/mol. The van der Waals surface area contributed by atoms with Crippen LogP contribution in [0.3, 0.4) is 0 Å². The van der Waals surface area contributed by atoms with E-state index in [2.05, 4.69) is 9.97 Å². The quantitative estimate of drug-likeness (QED) is 0.641. The summed E-state index contributed by atoms with van der Waals surface area (Å²) < 4.78 is 5.83. The average Bonchev–Trinajstić information content (AvgIpc) is 3.07. The van der Waals surface area contributed by atoms with Crippen molar-refractivity contribution in [2.45, 2.75) is 13.8 Å². The van der Waals surface area contributed by atoms with Crippen LogP contribution in [0.2, 0.25) is 0 Å². The summed E-state index contributed by atoms with van der Waals surface area (Å²) in [5.74, 6) is 0.709. The second-order valence-corrected chi connectivity index (χ2v) is 6.90. The molecule has 4 nitrogen and oxygen atoms in total. The summed E-state index contributed by atoms with van der Waals surface area (Å²) in [4.78, 5) is 21.7. The number of carbonyl (C=O) groups excluding carboxylic acids is 1. The SMILES string of the molecule is Cc1cc(C)c2c(c1)C(=O)/C(=C/c1csc(-c3ccccn3)n1)CO2. The Labute approximate surface area is 149 Å². The summed E-state index contributed by atoms with van der Waals surface area (Å²) in [7, 11) is 0. The van der Waals surface area contributed by atoms with Crippen LogP contribution in [0.4, 0.5) is 0 Å². The summed E-state index contributed by atoms with van der Waals surface area (Å²) in [6.07, 6.45) is 3.56. The smallest absolute Gasteiger partial charge is 0.196 e. The third-order valence-electron chi connectivity index (χ3n) is 4.06. The lowest BCUT2D eigenvalue weighted by atomic mass is 9.95. The molecule has 2 aromatic heterocycles. The molecule has 1 aromatic carbocycles. The summed E-state index contributed by atoms with van der Waals surface area (Å²) in [5.41, 5.74) is 4.89. The van der Waals surface area contributed by atoms with Crippen molar-refractivity contribution in [3.63, 3.8) is 0 Å². The molecule has 0 bridgehead atoms. The highest BCUT2D eigenvalue weighted by molar-refractivity contribution is 7.13. The molecule has 1 aliphatic heterocycles. The van der Waals surface area contributed by atoms with Gasteiger partial charge in [0.2, 0.25) is 0 Å². The number of hydrogen-bond donors (Lipinski definition) is 0. The Bertz CT molecular complexity index is 990.